The van der Waals surface area contributed by atoms with E-state index in [1.807, 2.05) is 18.2 Å². The Morgan fingerprint density at radius 1 is 1.25 bits per heavy atom. The molecule has 3 aromatic rings. The molecule has 0 bridgehead atoms. The molecule has 8 heteroatoms. The second kappa shape index (κ2) is 7.95. The van der Waals surface area contributed by atoms with Crippen LogP contribution in [0.5, 0.6) is 0 Å². The third-order valence-corrected chi connectivity index (χ3v) is 5.31. The monoisotopic (exact) mass is 381 g/mol. The molecule has 1 aliphatic heterocycles. The number of imidazole rings is 1. The fourth-order valence-corrected chi connectivity index (χ4v) is 3.81. The van der Waals surface area contributed by atoms with Crippen molar-refractivity contribution in [3.8, 4) is 0 Å². The van der Waals surface area contributed by atoms with E-state index in [9.17, 15) is 14.7 Å². The molecule has 0 spiro atoms. The number of aromatic nitrogens is 3. The number of rotatable bonds is 6. The van der Waals surface area contributed by atoms with E-state index in [1.54, 1.807) is 6.07 Å². The van der Waals surface area contributed by atoms with E-state index in [0.29, 0.717) is 23.3 Å². The summed E-state index contributed by atoms with van der Waals surface area (Å²) in [4.78, 5) is 35.7. The first-order valence-corrected chi connectivity index (χ1v) is 9.42. The molecule has 1 fully saturated rings. The Balaban J connectivity index is 1.49. The van der Waals surface area contributed by atoms with Crippen molar-refractivity contribution in [1.82, 2.24) is 25.2 Å². The van der Waals surface area contributed by atoms with Gasteiger partial charge in [0.15, 0.2) is 5.65 Å². The molecule has 1 amide bonds. The number of likely N-dealkylation sites (tertiary alicyclic amines) is 1. The summed E-state index contributed by atoms with van der Waals surface area (Å²) in [6.45, 7) is 2.28. The minimum atomic E-state index is -0.392. The van der Waals surface area contributed by atoms with Crippen molar-refractivity contribution in [3.05, 3.63) is 63.7 Å². The summed E-state index contributed by atoms with van der Waals surface area (Å²) in [7, 11) is 0. The van der Waals surface area contributed by atoms with Crippen LogP contribution >= 0.6 is 0 Å². The van der Waals surface area contributed by atoms with Crippen LogP contribution in [0.1, 0.15) is 34.3 Å². The van der Waals surface area contributed by atoms with Gasteiger partial charge in [0.05, 0.1) is 17.7 Å². The van der Waals surface area contributed by atoms with Gasteiger partial charge in [-0.15, -0.1) is 0 Å². The Bertz CT molecular complexity index is 1040. The zero-order valence-corrected chi connectivity index (χ0v) is 15.4. The number of nitrogens with zero attached hydrogens (tertiary/aromatic N) is 2. The quantitative estimate of drug-likeness (QED) is 0.511. The van der Waals surface area contributed by atoms with Crippen LogP contribution in [0.3, 0.4) is 0 Å². The number of aliphatic hydroxyl groups is 1. The molecule has 1 unspecified atom stereocenters. The van der Waals surface area contributed by atoms with Crippen LogP contribution in [0.15, 0.2) is 41.3 Å². The number of nitrogens with one attached hydrogen (secondary N) is 3. The fourth-order valence-electron chi connectivity index (χ4n) is 3.81. The number of aliphatic hydroxyl groups excluding tert-OH is 1. The van der Waals surface area contributed by atoms with E-state index >= 15 is 0 Å². The number of fused-ring (bicyclic) bond motifs is 1. The zero-order chi connectivity index (χ0) is 19.5. The maximum Gasteiger partial charge on any atom is 0.325 e. The highest BCUT2D eigenvalue weighted by Gasteiger charge is 2.24. The van der Waals surface area contributed by atoms with Gasteiger partial charge in [-0.1, -0.05) is 24.3 Å². The van der Waals surface area contributed by atoms with Gasteiger partial charge in [0.2, 0.25) is 0 Å². The largest absolute Gasteiger partial charge is 0.395 e. The average Bonchev–Trinajstić information content (AvgIpc) is 3.31. The predicted octanol–water partition coefficient (Wildman–Crippen LogP) is 1.14. The van der Waals surface area contributed by atoms with Crippen molar-refractivity contribution in [2.45, 2.75) is 32.0 Å². The van der Waals surface area contributed by atoms with Crippen molar-refractivity contribution in [2.24, 2.45) is 0 Å². The number of amides is 1. The maximum absolute atomic E-state index is 12.7. The lowest BCUT2D eigenvalue weighted by Gasteiger charge is -2.24. The number of hydrogen-bond acceptors (Lipinski definition) is 5. The van der Waals surface area contributed by atoms with Crippen molar-refractivity contribution in [3.63, 3.8) is 0 Å². The van der Waals surface area contributed by atoms with Crippen LogP contribution < -0.4 is 11.0 Å². The smallest absolute Gasteiger partial charge is 0.325 e. The molecular formula is C20H23N5O3. The molecule has 0 radical (unpaired) electrons. The van der Waals surface area contributed by atoms with Crippen LogP contribution in [0.4, 0.5) is 0 Å². The number of aromatic amines is 2. The molecule has 2 aromatic heterocycles. The topological polar surface area (TPSA) is 114 Å². The minimum Gasteiger partial charge on any atom is -0.395 e. The predicted molar refractivity (Wildman–Crippen MR) is 105 cm³/mol. The molecule has 3 heterocycles. The van der Waals surface area contributed by atoms with Gasteiger partial charge in [-0.2, -0.15) is 0 Å². The van der Waals surface area contributed by atoms with Gasteiger partial charge >= 0.3 is 5.69 Å². The molecule has 1 atom stereocenters. The minimum absolute atomic E-state index is 0.172. The normalized spacial score (nSPS) is 17.2. The van der Waals surface area contributed by atoms with Crippen molar-refractivity contribution in [1.29, 1.82) is 0 Å². The molecule has 146 valence electrons. The molecule has 4 N–H and O–H groups in total. The number of benzene rings is 1. The van der Waals surface area contributed by atoms with Gasteiger partial charge in [0.25, 0.3) is 5.91 Å². The zero-order valence-electron chi connectivity index (χ0n) is 15.4. The molecule has 1 aliphatic rings. The van der Waals surface area contributed by atoms with Gasteiger partial charge in [0.1, 0.15) is 0 Å². The summed E-state index contributed by atoms with van der Waals surface area (Å²) >= 11 is 0. The summed E-state index contributed by atoms with van der Waals surface area (Å²) < 4.78 is 0. The van der Waals surface area contributed by atoms with E-state index in [4.69, 9.17) is 0 Å². The molecule has 8 nitrogen and oxygen atoms in total. The number of carbonyl (C=O) groups excluding carboxylic acids is 1. The summed E-state index contributed by atoms with van der Waals surface area (Å²) in [5, 5.41) is 12.5. The van der Waals surface area contributed by atoms with Crippen LogP contribution in [0.25, 0.3) is 11.2 Å². The molecular weight excluding hydrogens is 358 g/mol. The third kappa shape index (κ3) is 3.69. The lowest BCUT2D eigenvalue weighted by molar-refractivity contribution is 0.0952. The standard InChI is InChI=1S/C20H23N5O3/c26-12-15-6-3-9-25(15)11-14-5-2-1-4-13(14)10-22-19(27)16-7-8-21-18-17(16)23-20(28)24-18/h1-2,4-5,7-8,15,26H,3,6,9-12H2,(H,22,27)(H2,21,23,24,28). The molecule has 1 aromatic carbocycles. The highest BCUT2D eigenvalue weighted by Crippen LogP contribution is 2.21. The first-order chi connectivity index (χ1) is 13.7. The van der Waals surface area contributed by atoms with Gasteiger partial charge in [-0.05, 0) is 36.6 Å². The Kier molecular flexibility index (Phi) is 5.23. The SMILES string of the molecule is O=C(NCc1ccccc1CN1CCCC1CO)c1ccnc2[nH]c(=O)[nH]c12. The van der Waals surface area contributed by atoms with E-state index in [0.717, 1.165) is 37.1 Å². The van der Waals surface area contributed by atoms with Gasteiger partial charge in [-0.25, -0.2) is 9.78 Å². The number of carbonyl (C=O) groups is 1. The van der Waals surface area contributed by atoms with Crippen LogP contribution in [-0.2, 0) is 13.1 Å². The highest BCUT2D eigenvalue weighted by molar-refractivity contribution is 6.03. The van der Waals surface area contributed by atoms with E-state index in [1.165, 1.54) is 6.20 Å². The fraction of sp³-hybridized carbons (Fsp3) is 0.350. The molecule has 0 aliphatic carbocycles. The van der Waals surface area contributed by atoms with Crippen molar-refractivity contribution >= 4 is 17.1 Å². The molecule has 1 saturated heterocycles. The Labute approximate surface area is 161 Å². The van der Waals surface area contributed by atoms with E-state index < -0.39 is 5.69 Å². The Hall–Kier alpha value is -2.97. The molecule has 28 heavy (non-hydrogen) atoms. The van der Waals surface area contributed by atoms with Crippen LogP contribution in [0, 0.1) is 0 Å². The average molecular weight is 381 g/mol. The Morgan fingerprint density at radius 2 is 2.07 bits per heavy atom. The Morgan fingerprint density at radius 3 is 2.89 bits per heavy atom. The van der Waals surface area contributed by atoms with Crippen molar-refractivity contribution in [2.75, 3.05) is 13.2 Å². The van der Waals surface area contributed by atoms with Gasteiger partial charge in [-0.3, -0.25) is 14.7 Å². The first kappa shape index (κ1) is 18.4. The van der Waals surface area contributed by atoms with E-state index in [2.05, 4.69) is 31.2 Å². The second-order valence-corrected chi connectivity index (χ2v) is 7.06. The lowest BCUT2D eigenvalue weighted by atomic mass is 10.1. The van der Waals surface area contributed by atoms with Crippen LogP contribution in [0.2, 0.25) is 0 Å². The molecule has 0 saturated carbocycles. The molecule has 4 rings (SSSR count). The number of hydrogen-bond donors (Lipinski definition) is 4. The third-order valence-electron chi connectivity index (χ3n) is 5.31. The summed E-state index contributed by atoms with van der Waals surface area (Å²) in [6.07, 6.45) is 3.61. The van der Waals surface area contributed by atoms with E-state index in [-0.39, 0.29) is 18.6 Å². The summed E-state index contributed by atoms with van der Waals surface area (Å²) in [5.41, 5.74) is 2.92. The summed E-state index contributed by atoms with van der Waals surface area (Å²) in [6, 6.07) is 9.79. The highest BCUT2D eigenvalue weighted by atomic mass is 16.3. The van der Waals surface area contributed by atoms with Gasteiger partial charge in [0, 0.05) is 25.3 Å². The first-order valence-electron chi connectivity index (χ1n) is 9.42. The van der Waals surface area contributed by atoms with Crippen LogP contribution in [-0.4, -0.2) is 50.1 Å². The maximum atomic E-state index is 12.7. The lowest BCUT2D eigenvalue weighted by Crippen LogP contribution is -2.32. The summed E-state index contributed by atoms with van der Waals surface area (Å²) in [5.74, 6) is -0.271. The van der Waals surface area contributed by atoms with Crippen molar-refractivity contribution < 1.29 is 9.90 Å². The second-order valence-electron chi connectivity index (χ2n) is 7.06. The van der Waals surface area contributed by atoms with Gasteiger partial charge < -0.3 is 15.4 Å². The number of pyridine rings is 1. The number of H-pyrrole nitrogens is 2.